The molecule has 3 nitrogen and oxygen atoms in total. The lowest BCUT2D eigenvalue weighted by Crippen LogP contribution is -2.13. The van der Waals surface area contributed by atoms with E-state index in [-0.39, 0.29) is 22.5 Å². The number of benzene rings is 2. The van der Waals surface area contributed by atoms with Crippen LogP contribution in [0.1, 0.15) is 22.5 Å². The zero-order chi connectivity index (χ0) is 20.5. The second-order valence-electron chi connectivity index (χ2n) is 5.94. The van der Waals surface area contributed by atoms with Gasteiger partial charge in [0.15, 0.2) is 11.6 Å². The first-order valence-corrected chi connectivity index (χ1v) is 8.01. The van der Waals surface area contributed by atoms with Crippen LogP contribution >= 0.6 is 0 Å². The maximum atomic E-state index is 13.9. The molecule has 142 valence electrons. The molecule has 3 rings (SSSR count). The normalized spacial score (nSPS) is 12.1. The zero-order valence-corrected chi connectivity index (χ0v) is 14.4. The summed E-state index contributed by atoms with van der Waals surface area (Å²) in [7, 11) is 0. The summed E-state index contributed by atoms with van der Waals surface area (Å²) < 4.78 is 67.4. The van der Waals surface area contributed by atoms with Gasteiger partial charge >= 0.3 is 6.18 Å². The molecule has 0 spiro atoms. The van der Waals surface area contributed by atoms with Crippen LogP contribution < -0.4 is 0 Å². The third-order valence-corrected chi connectivity index (χ3v) is 3.93. The van der Waals surface area contributed by atoms with Crippen molar-refractivity contribution in [1.29, 1.82) is 5.26 Å². The van der Waals surface area contributed by atoms with Gasteiger partial charge < -0.3 is 0 Å². The number of alkyl halides is 3. The lowest BCUT2D eigenvalue weighted by Gasteiger charge is -2.10. The summed E-state index contributed by atoms with van der Waals surface area (Å²) in [5.74, 6) is -2.23. The Bertz CT molecular complexity index is 1090. The van der Waals surface area contributed by atoms with E-state index in [4.69, 9.17) is 0 Å². The van der Waals surface area contributed by atoms with Gasteiger partial charge in [0.2, 0.25) is 0 Å². The van der Waals surface area contributed by atoms with Crippen LogP contribution in [0.5, 0.6) is 0 Å². The van der Waals surface area contributed by atoms with E-state index in [1.807, 2.05) is 0 Å². The lowest BCUT2D eigenvalue weighted by molar-refractivity contribution is -0.142. The van der Waals surface area contributed by atoms with Crippen LogP contribution in [0.4, 0.5) is 22.0 Å². The molecule has 0 saturated heterocycles. The highest BCUT2D eigenvalue weighted by Gasteiger charge is 2.35. The molecule has 2 aromatic carbocycles. The second-order valence-corrected chi connectivity index (χ2v) is 5.94. The minimum atomic E-state index is -4.57. The summed E-state index contributed by atoms with van der Waals surface area (Å²) in [6.07, 6.45) is -3.25. The van der Waals surface area contributed by atoms with Gasteiger partial charge in [0.1, 0.15) is 5.69 Å². The predicted octanol–water partition coefficient (Wildman–Crippen LogP) is 5.54. The maximum absolute atomic E-state index is 13.9. The van der Waals surface area contributed by atoms with Crippen LogP contribution in [0, 0.1) is 29.9 Å². The van der Waals surface area contributed by atoms with Gasteiger partial charge in [-0.1, -0.05) is 24.3 Å². The van der Waals surface area contributed by atoms with Crippen molar-refractivity contribution in [3.63, 3.8) is 0 Å². The van der Waals surface area contributed by atoms with E-state index < -0.39 is 23.5 Å². The first-order valence-electron chi connectivity index (χ1n) is 8.01. The van der Waals surface area contributed by atoms with Gasteiger partial charge in [-0.3, -0.25) is 0 Å². The topological polar surface area (TPSA) is 41.6 Å². The van der Waals surface area contributed by atoms with E-state index in [1.54, 1.807) is 6.07 Å². The number of aromatic nitrogens is 2. The molecule has 0 N–H and O–H groups in total. The van der Waals surface area contributed by atoms with Gasteiger partial charge in [0, 0.05) is 5.56 Å². The summed E-state index contributed by atoms with van der Waals surface area (Å²) in [6, 6.07) is 11.9. The first kappa shape index (κ1) is 19.3. The van der Waals surface area contributed by atoms with E-state index in [0.29, 0.717) is 5.56 Å². The maximum Gasteiger partial charge on any atom is 0.433 e. The quantitative estimate of drug-likeness (QED) is 0.335. The minimum absolute atomic E-state index is 0.115. The smallest absolute Gasteiger partial charge is 0.228 e. The molecule has 1 heterocycles. The molecule has 0 aliphatic rings. The number of halogens is 5. The average molecular weight is 389 g/mol. The molecule has 1 aromatic heterocycles. The van der Waals surface area contributed by atoms with Crippen molar-refractivity contribution in [2.45, 2.75) is 13.1 Å². The summed E-state index contributed by atoms with van der Waals surface area (Å²) in [6.45, 7) is 1.45. The van der Waals surface area contributed by atoms with Gasteiger partial charge in [-0.15, -0.1) is 0 Å². The van der Waals surface area contributed by atoms with Crippen molar-refractivity contribution in [2.24, 2.45) is 0 Å². The van der Waals surface area contributed by atoms with E-state index in [0.717, 1.165) is 16.8 Å². The Hall–Kier alpha value is -3.47. The Kier molecular flexibility index (Phi) is 5.01. The van der Waals surface area contributed by atoms with E-state index in [9.17, 15) is 27.2 Å². The largest absolute Gasteiger partial charge is 0.433 e. The molecule has 0 amide bonds. The number of rotatable bonds is 3. The van der Waals surface area contributed by atoms with E-state index >= 15 is 0 Å². The molecular weight excluding hydrogens is 377 g/mol. The Labute approximate surface area is 157 Å². The number of hydrogen-bond donors (Lipinski definition) is 0. The minimum Gasteiger partial charge on any atom is -0.228 e. The monoisotopic (exact) mass is 389 g/mol. The molecule has 0 atom stereocenters. The zero-order valence-electron chi connectivity index (χ0n) is 14.4. The molecule has 28 heavy (non-hydrogen) atoms. The van der Waals surface area contributed by atoms with Crippen molar-refractivity contribution in [3.05, 3.63) is 82.7 Å². The summed E-state index contributed by atoms with van der Waals surface area (Å²) in [5, 5.41) is 13.1. The van der Waals surface area contributed by atoms with Crippen LogP contribution in [0.2, 0.25) is 0 Å². The summed E-state index contributed by atoms with van der Waals surface area (Å²) in [5.41, 5.74) is -0.406. The van der Waals surface area contributed by atoms with Crippen molar-refractivity contribution >= 4 is 11.6 Å². The Morgan fingerprint density at radius 3 is 2.39 bits per heavy atom. The molecule has 0 aliphatic heterocycles. The summed E-state index contributed by atoms with van der Waals surface area (Å²) in [4.78, 5) is 0. The molecule has 0 bridgehead atoms. The van der Waals surface area contributed by atoms with Gasteiger partial charge in [-0.05, 0) is 42.8 Å². The molecule has 0 unspecified atom stereocenters. The number of nitriles is 1. The van der Waals surface area contributed by atoms with Crippen molar-refractivity contribution in [2.75, 3.05) is 0 Å². The number of nitrogens with zero attached hydrogens (tertiary/aromatic N) is 3. The predicted molar refractivity (Wildman–Crippen MR) is 93.1 cm³/mol. The highest BCUT2D eigenvalue weighted by molar-refractivity contribution is 5.89. The molecule has 0 saturated carbocycles. The Balaban J connectivity index is 1.99. The standard InChI is InChI=1S/C20H12F5N3/c1-12-9-18(20(23,24)25)28(27-12)15-7-5-13(6-8-15)10-14(11-26)16-3-2-4-17(21)19(16)22/h2-10H,1H3/b14-10+. The number of hydrogen-bond acceptors (Lipinski definition) is 2. The lowest BCUT2D eigenvalue weighted by atomic mass is 10.0. The molecule has 0 fully saturated rings. The van der Waals surface area contributed by atoms with Crippen LogP contribution in [0.3, 0.4) is 0 Å². The number of aryl methyl sites for hydroxylation is 1. The number of allylic oxidation sites excluding steroid dienone is 1. The average Bonchev–Trinajstić information content (AvgIpc) is 3.05. The highest BCUT2D eigenvalue weighted by atomic mass is 19.4. The molecule has 0 radical (unpaired) electrons. The van der Waals surface area contributed by atoms with E-state index in [2.05, 4.69) is 5.10 Å². The first-order chi connectivity index (χ1) is 13.2. The van der Waals surface area contributed by atoms with Crippen LogP contribution in [0.25, 0.3) is 17.3 Å². The molecule has 3 aromatic rings. The fourth-order valence-corrected chi connectivity index (χ4v) is 2.66. The van der Waals surface area contributed by atoms with Crippen molar-refractivity contribution in [3.8, 4) is 11.8 Å². The van der Waals surface area contributed by atoms with Crippen LogP contribution in [-0.4, -0.2) is 9.78 Å². The fourth-order valence-electron chi connectivity index (χ4n) is 2.66. The Morgan fingerprint density at radius 2 is 1.79 bits per heavy atom. The van der Waals surface area contributed by atoms with Gasteiger partial charge in [0.05, 0.1) is 23.0 Å². The molecular formula is C20H12F5N3. The SMILES string of the molecule is Cc1cc(C(F)(F)F)n(-c2ccc(/C=C(\C#N)c3cccc(F)c3F)cc2)n1. The fraction of sp³-hybridized carbons (Fsp3) is 0.100. The van der Waals surface area contributed by atoms with Crippen molar-refractivity contribution in [1.82, 2.24) is 9.78 Å². The third kappa shape index (κ3) is 3.78. The second kappa shape index (κ2) is 7.27. The van der Waals surface area contributed by atoms with Gasteiger partial charge in [-0.2, -0.15) is 23.5 Å². The molecule has 0 aliphatic carbocycles. The Morgan fingerprint density at radius 1 is 1.11 bits per heavy atom. The summed E-state index contributed by atoms with van der Waals surface area (Å²) >= 11 is 0. The van der Waals surface area contributed by atoms with Crippen molar-refractivity contribution < 1.29 is 22.0 Å². The highest BCUT2D eigenvalue weighted by Crippen LogP contribution is 2.31. The van der Waals surface area contributed by atoms with Crippen LogP contribution in [0.15, 0.2) is 48.5 Å². The van der Waals surface area contributed by atoms with Crippen LogP contribution in [-0.2, 0) is 6.18 Å². The van der Waals surface area contributed by atoms with Gasteiger partial charge in [0.25, 0.3) is 0 Å². The van der Waals surface area contributed by atoms with E-state index in [1.165, 1.54) is 49.4 Å². The molecule has 8 heteroatoms. The third-order valence-electron chi connectivity index (χ3n) is 3.93. The van der Waals surface area contributed by atoms with Gasteiger partial charge in [-0.25, -0.2) is 13.5 Å².